The van der Waals surface area contributed by atoms with E-state index in [9.17, 15) is 0 Å². The Hall–Kier alpha value is -1.64. The highest BCUT2D eigenvalue weighted by molar-refractivity contribution is 5.48. The zero-order valence-corrected chi connectivity index (χ0v) is 12.3. The molecule has 0 bridgehead atoms. The highest BCUT2D eigenvalue weighted by Gasteiger charge is 2.24. The van der Waals surface area contributed by atoms with Crippen LogP contribution in [0.4, 0.5) is 0 Å². The van der Waals surface area contributed by atoms with E-state index >= 15 is 0 Å². The van der Waals surface area contributed by atoms with E-state index in [0.29, 0.717) is 6.04 Å². The molecular weight excluding hydrogens is 244 g/mol. The van der Waals surface area contributed by atoms with E-state index in [1.54, 1.807) is 0 Å². The van der Waals surface area contributed by atoms with Gasteiger partial charge in [0.15, 0.2) is 0 Å². The summed E-state index contributed by atoms with van der Waals surface area (Å²) < 4.78 is 0. The first-order chi connectivity index (χ1) is 9.75. The monoisotopic (exact) mass is 266 g/mol. The average molecular weight is 266 g/mol. The van der Waals surface area contributed by atoms with E-state index in [2.05, 4.69) is 72.8 Å². The molecule has 0 aliphatic heterocycles. The van der Waals surface area contributed by atoms with Crippen LogP contribution in [0.2, 0.25) is 0 Å². The van der Waals surface area contributed by atoms with Gasteiger partial charge in [-0.25, -0.2) is 0 Å². The third-order valence-corrected chi connectivity index (χ3v) is 4.02. The van der Waals surface area contributed by atoms with Crippen LogP contribution in [0.5, 0.6) is 0 Å². The minimum atomic E-state index is 0.330. The maximum Gasteiger partial charge on any atom is 0.0582 e. The fraction of sp³-hybridized carbons (Fsp3) is 0.333. The van der Waals surface area contributed by atoms with Crippen LogP contribution in [0, 0.1) is 0 Å². The van der Waals surface area contributed by atoms with Crippen LogP contribution < -0.4 is 5.32 Å². The minimum absolute atomic E-state index is 0.330. The number of fused-ring (bicyclic) bond motifs is 2. The maximum absolute atomic E-state index is 3.72. The first-order valence-corrected chi connectivity index (χ1v) is 7.29. The molecule has 1 N–H and O–H groups in total. The molecule has 0 amide bonds. The SMILES string of the molecule is CN(C)CCNC1c2ccccc2Cc2ccccc21. The van der Waals surface area contributed by atoms with E-state index < -0.39 is 0 Å². The summed E-state index contributed by atoms with van der Waals surface area (Å²) in [6.07, 6.45) is 1.05. The summed E-state index contributed by atoms with van der Waals surface area (Å²) in [6.45, 7) is 2.06. The molecule has 3 rings (SSSR count). The number of nitrogens with one attached hydrogen (secondary N) is 1. The molecule has 2 heteroatoms. The van der Waals surface area contributed by atoms with Gasteiger partial charge in [-0.2, -0.15) is 0 Å². The summed E-state index contributed by atoms with van der Waals surface area (Å²) in [5.41, 5.74) is 5.78. The topological polar surface area (TPSA) is 15.3 Å². The van der Waals surface area contributed by atoms with E-state index in [1.807, 2.05) is 0 Å². The van der Waals surface area contributed by atoms with Gasteiger partial charge in [0, 0.05) is 13.1 Å². The predicted octanol–water partition coefficient (Wildman–Crippen LogP) is 2.83. The number of nitrogens with zero attached hydrogens (tertiary/aromatic N) is 1. The molecule has 0 heterocycles. The summed E-state index contributed by atoms with van der Waals surface area (Å²) in [6, 6.07) is 17.9. The molecule has 104 valence electrons. The Balaban J connectivity index is 1.91. The van der Waals surface area contributed by atoms with Gasteiger partial charge in [-0.05, 0) is 42.8 Å². The highest BCUT2D eigenvalue weighted by Crippen LogP contribution is 2.34. The van der Waals surface area contributed by atoms with Crippen LogP contribution in [0.3, 0.4) is 0 Å². The second kappa shape index (κ2) is 5.78. The zero-order chi connectivity index (χ0) is 13.9. The van der Waals surface area contributed by atoms with Crippen molar-refractivity contribution in [3.8, 4) is 0 Å². The second-order valence-electron chi connectivity index (χ2n) is 5.76. The Morgan fingerprint density at radius 2 is 1.50 bits per heavy atom. The van der Waals surface area contributed by atoms with Gasteiger partial charge >= 0.3 is 0 Å². The van der Waals surface area contributed by atoms with Crippen molar-refractivity contribution in [2.75, 3.05) is 27.2 Å². The van der Waals surface area contributed by atoms with E-state index in [4.69, 9.17) is 0 Å². The van der Waals surface area contributed by atoms with Crippen LogP contribution in [0.25, 0.3) is 0 Å². The minimum Gasteiger partial charge on any atom is -0.308 e. The molecule has 0 unspecified atom stereocenters. The first-order valence-electron chi connectivity index (χ1n) is 7.29. The summed E-state index contributed by atoms with van der Waals surface area (Å²) in [5, 5.41) is 3.72. The number of hydrogen-bond donors (Lipinski definition) is 1. The molecule has 0 saturated carbocycles. The van der Waals surface area contributed by atoms with Gasteiger partial charge in [0.2, 0.25) is 0 Å². The Kier molecular flexibility index (Phi) is 3.86. The smallest absolute Gasteiger partial charge is 0.0582 e. The zero-order valence-electron chi connectivity index (χ0n) is 12.3. The van der Waals surface area contributed by atoms with Gasteiger partial charge in [0.05, 0.1) is 6.04 Å². The highest BCUT2D eigenvalue weighted by atomic mass is 15.1. The predicted molar refractivity (Wildman–Crippen MR) is 84.1 cm³/mol. The lowest BCUT2D eigenvalue weighted by molar-refractivity contribution is 0.391. The van der Waals surface area contributed by atoms with E-state index in [-0.39, 0.29) is 0 Å². The molecule has 0 fully saturated rings. The fourth-order valence-corrected chi connectivity index (χ4v) is 2.98. The largest absolute Gasteiger partial charge is 0.308 e. The van der Waals surface area contributed by atoms with Crippen molar-refractivity contribution < 1.29 is 0 Å². The summed E-state index contributed by atoms with van der Waals surface area (Å²) in [7, 11) is 4.23. The average Bonchev–Trinajstić information content (AvgIpc) is 2.46. The number of benzene rings is 2. The van der Waals surface area contributed by atoms with Crippen molar-refractivity contribution in [3.05, 3.63) is 70.8 Å². The van der Waals surface area contributed by atoms with Gasteiger partial charge < -0.3 is 10.2 Å². The quantitative estimate of drug-likeness (QED) is 0.915. The van der Waals surface area contributed by atoms with Crippen molar-refractivity contribution in [1.29, 1.82) is 0 Å². The van der Waals surface area contributed by atoms with Gasteiger partial charge in [0.1, 0.15) is 0 Å². The van der Waals surface area contributed by atoms with Crippen molar-refractivity contribution >= 4 is 0 Å². The lowest BCUT2D eigenvalue weighted by Crippen LogP contribution is -2.32. The fourth-order valence-electron chi connectivity index (χ4n) is 2.98. The number of likely N-dealkylation sites (N-methyl/N-ethyl adjacent to an activating group) is 1. The van der Waals surface area contributed by atoms with Crippen molar-refractivity contribution in [2.45, 2.75) is 12.5 Å². The van der Waals surface area contributed by atoms with Crippen LogP contribution in [0.1, 0.15) is 28.3 Å². The van der Waals surface area contributed by atoms with Crippen molar-refractivity contribution in [1.82, 2.24) is 10.2 Å². The Morgan fingerprint density at radius 3 is 2.05 bits per heavy atom. The van der Waals surface area contributed by atoms with Crippen LogP contribution in [0.15, 0.2) is 48.5 Å². The third kappa shape index (κ3) is 2.62. The lowest BCUT2D eigenvalue weighted by Gasteiger charge is -2.29. The molecule has 2 nitrogen and oxygen atoms in total. The molecule has 0 aromatic heterocycles. The Labute approximate surface area is 121 Å². The molecule has 2 aromatic rings. The second-order valence-corrected chi connectivity index (χ2v) is 5.76. The van der Waals surface area contributed by atoms with Crippen LogP contribution in [-0.4, -0.2) is 32.1 Å². The van der Waals surface area contributed by atoms with Crippen molar-refractivity contribution in [3.63, 3.8) is 0 Å². The Morgan fingerprint density at radius 1 is 0.950 bits per heavy atom. The van der Waals surface area contributed by atoms with Gasteiger partial charge in [0.25, 0.3) is 0 Å². The summed E-state index contributed by atoms with van der Waals surface area (Å²) in [5.74, 6) is 0. The molecular formula is C18H22N2. The molecule has 1 aliphatic carbocycles. The molecule has 2 aromatic carbocycles. The lowest BCUT2D eigenvalue weighted by atomic mass is 9.82. The third-order valence-electron chi connectivity index (χ3n) is 4.02. The molecule has 0 saturated heterocycles. The van der Waals surface area contributed by atoms with Crippen LogP contribution >= 0.6 is 0 Å². The number of rotatable bonds is 4. The molecule has 20 heavy (non-hydrogen) atoms. The normalized spacial score (nSPS) is 14.2. The molecule has 0 radical (unpaired) electrons. The van der Waals surface area contributed by atoms with Gasteiger partial charge in [-0.15, -0.1) is 0 Å². The standard InChI is InChI=1S/C18H22N2/c1-20(2)12-11-19-18-16-9-5-3-7-14(16)13-15-8-4-6-10-17(15)18/h3-10,18-19H,11-13H2,1-2H3. The van der Waals surface area contributed by atoms with Crippen molar-refractivity contribution in [2.24, 2.45) is 0 Å². The maximum atomic E-state index is 3.72. The Bertz CT molecular complexity index is 544. The number of hydrogen-bond acceptors (Lipinski definition) is 2. The summed E-state index contributed by atoms with van der Waals surface area (Å²) >= 11 is 0. The molecule has 0 spiro atoms. The van der Waals surface area contributed by atoms with Crippen LogP contribution in [-0.2, 0) is 6.42 Å². The summed E-state index contributed by atoms with van der Waals surface area (Å²) in [4.78, 5) is 2.22. The van der Waals surface area contributed by atoms with Gasteiger partial charge in [-0.3, -0.25) is 0 Å². The van der Waals surface area contributed by atoms with Gasteiger partial charge in [-0.1, -0.05) is 48.5 Å². The van der Waals surface area contributed by atoms with E-state index in [0.717, 1.165) is 19.5 Å². The van der Waals surface area contributed by atoms with E-state index in [1.165, 1.54) is 22.3 Å². The molecule has 1 aliphatic rings. The first kappa shape index (κ1) is 13.3. The molecule has 0 atom stereocenters.